The maximum atomic E-state index is 13.4. The maximum Gasteiger partial charge on any atom is 0.330 e. The Morgan fingerprint density at radius 1 is 0.960 bits per heavy atom. The third kappa shape index (κ3) is 9.44. The first-order valence-electron chi connectivity index (χ1n) is 16.6. The van der Waals surface area contributed by atoms with Crippen molar-refractivity contribution in [1.82, 2.24) is 33.4 Å². The van der Waals surface area contributed by atoms with Crippen molar-refractivity contribution in [3.63, 3.8) is 0 Å². The first-order chi connectivity index (χ1) is 23.5. The van der Waals surface area contributed by atoms with Gasteiger partial charge in [0.25, 0.3) is 21.3 Å². The van der Waals surface area contributed by atoms with E-state index in [9.17, 15) is 27.6 Å². The van der Waals surface area contributed by atoms with Crippen molar-refractivity contribution in [1.29, 1.82) is 0 Å². The number of rotatable bonds is 16. The van der Waals surface area contributed by atoms with E-state index >= 15 is 0 Å². The van der Waals surface area contributed by atoms with Gasteiger partial charge in [0, 0.05) is 55.0 Å². The Morgan fingerprint density at radius 2 is 1.50 bits per heavy atom. The van der Waals surface area contributed by atoms with Crippen molar-refractivity contribution >= 4 is 10.2 Å². The molecule has 0 radical (unpaired) electrons. The highest BCUT2D eigenvalue weighted by Gasteiger charge is 2.42. The van der Waals surface area contributed by atoms with Gasteiger partial charge in [-0.1, -0.05) is 6.92 Å². The molecular formula is C31H48N8O10S. The smallest absolute Gasteiger partial charge is 0.330 e. The van der Waals surface area contributed by atoms with Gasteiger partial charge < -0.3 is 23.8 Å². The lowest BCUT2D eigenvalue weighted by atomic mass is 10.1. The third-order valence-electron chi connectivity index (χ3n) is 8.70. The highest BCUT2D eigenvalue weighted by atomic mass is 32.2. The van der Waals surface area contributed by atoms with E-state index in [0.29, 0.717) is 12.0 Å². The minimum Gasteiger partial charge on any atom is -0.353 e. The molecule has 7 atom stereocenters. The van der Waals surface area contributed by atoms with Gasteiger partial charge in [-0.2, -0.15) is 17.9 Å². The fourth-order valence-electron chi connectivity index (χ4n) is 6.26. The number of nitrogens with zero attached hydrogens (tertiary/aromatic N) is 4. The highest BCUT2D eigenvalue weighted by Crippen LogP contribution is 2.33. The molecule has 2 aromatic rings. The fourth-order valence-corrected chi connectivity index (χ4v) is 7.38. The van der Waals surface area contributed by atoms with Crippen LogP contribution in [0.1, 0.15) is 77.5 Å². The molecule has 1 unspecified atom stereocenters. The maximum absolute atomic E-state index is 13.4. The van der Waals surface area contributed by atoms with Crippen molar-refractivity contribution in [3.05, 3.63) is 76.6 Å². The molecule has 4 heterocycles. The van der Waals surface area contributed by atoms with Crippen molar-refractivity contribution in [2.24, 2.45) is 0 Å². The Morgan fingerprint density at radius 3 is 2.02 bits per heavy atom. The van der Waals surface area contributed by atoms with Crippen LogP contribution >= 0.6 is 0 Å². The van der Waals surface area contributed by atoms with E-state index in [-0.39, 0.29) is 50.2 Å². The topological polar surface area (TPSA) is 212 Å². The molecule has 0 bridgehead atoms. The molecule has 19 heteroatoms. The molecule has 2 fully saturated rings. The lowest BCUT2D eigenvalue weighted by molar-refractivity contribution is -0.262. The van der Waals surface area contributed by atoms with Crippen LogP contribution in [-0.4, -0.2) is 95.0 Å². The number of H-pyrrole nitrogens is 2. The van der Waals surface area contributed by atoms with Crippen LogP contribution in [0, 0.1) is 20.4 Å². The molecule has 0 aliphatic carbocycles. The minimum atomic E-state index is -4.19. The van der Waals surface area contributed by atoms with Crippen LogP contribution in [-0.2, 0) is 29.2 Å². The van der Waals surface area contributed by atoms with E-state index in [1.165, 1.54) is 21.5 Å². The summed E-state index contributed by atoms with van der Waals surface area (Å²) in [6.07, 6.45) is -1.48. The largest absolute Gasteiger partial charge is 0.353 e. The Hall–Kier alpha value is -3.48. The van der Waals surface area contributed by atoms with E-state index in [2.05, 4.69) is 24.3 Å². The van der Waals surface area contributed by atoms with Crippen LogP contribution in [0.15, 0.2) is 31.6 Å². The molecule has 2 aliphatic rings. The molecule has 0 spiro atoms. The molecule has 2 saturated heterocycles. The summed E-state index contributed by atoms with van der Waals surface area (Å²) in [7, 11) is -4.19. The Bertz CT molecular complexity index is 1860. The van der Waals surface area contributed by atoms with Crippen LogP contribution in [0.25, 0.3) is 4.85 Å². The summed E-state index contributed by atoms with van der Waals surface area (Å²) in [6.45, 7) is 19.9. The first-order valence-corrected chi connectivity index (χ1v) is 18.1. The molecule has 0 aromatic carbocycles. The molecule has 0 saturated carbocycles. The van der Waals surface area contributed by atoms with E-state index in [0.717, 1.165) is 0 Å². The number of ether oxygens (including phenoxy) is 4. The number of aryl methyl sites for hydroxylation is 2. The van der Waals surface area contributed by atoms with Crippen LogP contribution in [0.2, 0.25) is 0 Å². The Balaban J connectivity index is 1.55. The van der Waals surface area contributed by atoms with Crippen LogP contribution in [0.3, 0.4) is 0 Å². The quantitative estimate of drug-likeness (QED) is 0.104. The van der Waals surface area contributed by atoms with Crippen molar-refractivity contribution in [2.45, 2.75) is 123 Å². The predicted octanol–water partition coefficient (Wildman–Crippen LogP) is 0.205. The second-order valence-corrected chi connectivity index (χ2v) is 14.6. The monoisotopic (exact) mass is 724 g/mol. The van der Waals surface area contributed by atoms with Gasteiger partial charge in [0.1, 0.15) is 25.2 Å². The number of aromatic nitrogens is 4. The van der Waals surface area contributed by atoms with Crippen LogP contribution in [0.4, 0.5) is 0 Å². The zero-order chi connectivity index (χ0) is 36.9. The summed E-state index contributed by atoms with van der Waals surface area (Å²) >= 11 is 0. The highest BCUT2D eigenvalue weighted by molar-refractivity contribution is 7.87. The van der Waals surface area contributed by atoms with Crippen molar-refractivity contribution < 1.29 is 27.4 Å². The molecular weight excluding hydrogens is 676 g/mol. The van der Waals surface area contributed by atoms with Crippen LogP contribution in [0.5, 0.6) is 0 Å². The van der Waals surface area contributed by atoms with E-state index in [1.807, 2.05) is 39.5 Å². The van der Waals surface area contributed by atoms with Crippen molar-refractivity contribution in [2.75, 3.05) is 19.7 Å². The van der Waals surface area contributed by atoms with Crippen LogP contribution < -0.4 is 31.9 Å². The lowest BCUT2D eigenvalue weighted by Gasteiger charge is -2.38. The molecule has 2 aromatic heterocycles. The summed E-state index contributed by atoms with van der Waals surface area (Å²) in [6, 6.07) is -0.771. The molecule has 50 heavy (non-hydrogen) atoms. The molecule has 4 rings (SSSR count). The summed E-state index contributed by atoms with van der Waals surface area (Å²) < 4.78 is 59.3. The van der Waals surface area contributed by atoms with Gasteiger partial charge in [0.05, 0.1) is 18.2 Å². The standard InChI is InChI=1S/C31H48N8O10S/c1-9-22-21(12-25(47-22)37-15-19(6)27(40)34-29(37)42)36-50(44,45)33-14-24-23(13-26(48-24)38-16-20(7)28(41)35-30(38)43)49-31(46-11-10-32-8)39(17(2)3)18(4)5/h15-18,21-26,31,33,36H,9-14H2,1-7H3,(H,34,40,42)(H,35,41,43)/t21-,22+,23-,24+,25+,26+,31?/m0/s1. The Labute approximate surface area is 290 Å². The predicted molar refractivity (Wildman–Crippen MR) is 182 cm³/mol. The molecule has 0 amide bonds. The average Bonchev–Trinajstić information content (AvgIpc) is 3.62. The molecule has 18 nitrogen and oxygen atoms in total. The average molecular weight is 725 g/mol. The second-order valence-electron chi connectivity index (χ2n) is 13.0. The summed E-state index contributed by atoms with van der Waals surface area (Å²) in [5, 5.41) is 0. The van der Waals surface area contributed by atoms with E-state index in [4.69, 9.17) is 25.5 Å². The summed E-state index contributed by atoms with van der Waals surface area (Å²) in [4.78, 5) is 59.0. The number of aromatic amines is 2. The zero-order valence-electron chi connectivity index (χ0n) is 29.4. The summed E-state index contributed by atoms with van der Waals surface area (Å²) in [5.41, 5.74) is -1.81. The number of hydrogen-bond acceptors (Lipinski definition) is 11. The van der Waals surface area contributed by atoms with Gasteiger partial charge >= 0.3 is 11.4 Å². The van der Waals surface area contributed by atoms with Gasteiger partial charge in [0.2, 0.25) is 13.0 Å². The third-order valence-corrected chi connectivity index (χ3v) is 9.86. The van der Waals surface area contributed by atoms with E-state index in [1.54, 1.807) is 13.8 Å². The van der Waals surface area contributed by atoms with Gasteiger partial charge in [-0.3, -0.25) is 33.6 Å². The molecule has 278 valence electrons. The van der Waals surface area contributed by atoms with Gasteiger partial charge in [-0.05, 0) is 48.0 Å². The minimum absolute atomic E-state index is 0.0310. The SMILES string of the molecule is [C-]#[N+]CCOC(O[C@H]1C[C@H](n2cc(C)c(=O)[nH]c2=O)O[C@@H]1CNS(=O)(=O)N[C@H]1C[C@H](n2cc(C)c(=O)[nH]c2=O)O[C@@H]1CC)N(C(C)C)C(C)C. The normalized spacial score (nSPS) is 24.7. The number of nitrogens with one attached hydrogen (secondary N) is 4. The van der Waals surface area contributed by atoms with Crippen molar-refractivity contribution in [3.8, 4) is 0 Å². The van der Waals surface area contributed by atoms with Gasteiger partial charge in [-0.15, -0.1) is 0 Å². The van der Waals surface area contributed by atoms with Gasteiger partial charge in [-0.25, -0.2) is 16.2 Å². The van der Waals surface area contributed by atoms with Gasteiger partial charge in [0.15, 0.2) is 0 Å². The number of hydrogen-bond donors (Lipinski definition) is 4. The molecule has 2 aliphatic heterocycles. The summed E-state index contributed by atoms with van der Waals surface area (Å²) in [5.74, 6) is 0. The first kappa shape index (κ1) is 39.3. The molecule has 4 N–H and O–H groups in total. The lowest BCUT2D eigenvalue weighted by Crippen LogP contribution is -2.52. The second kappa shape index (κ2) is 16.7. The van der Waals surface area contributed by atoms with E-state index < -0.39 is 75.9 Å². The Kier molecular flexibility index (Phi) is 13.1. The fraction of sp³-hybridized carbons (Fsp3) is 0.710. The zero-order valence-corrected chi connectivity index (χ0v) is 30.2.